The number of ether oxygens (including phenoxy) is 1. The van der Waals surface area contributed by atoms with E-state index in [-0.39, 0.29) is 11.3 Å². The summed E-state index contributed by atoms with van der Waals surface area (Å²) in [4.78, 5) is 16.0. The highest BCUT2D eigenvalue weighted by atomic mass is 35.5. The molecule has 104 valence electrons. The standard InChI is InChI=1S/C13H14ClF2NO2/c1-7-10(12(18)19-2)11(13(14,15)16)8-5-3-4-6-9(8)17-7/h3-6H2,1-2H3. The molecular weight excluding hydrogens is 276 g/mol. The van der Waals surface area contributed by atoms with Crippen LogP contribution in [0.2, 0.25) is 0 Å². The normalized spacial score (nSPS) is 15.0. The third kappa shape index (κ3) is 2.56. The van der Waals surface area contributed by atoms with Gasteiger partial charge in [-0.3, -0.25) is 4.98 Å². The van der Waals surface area contributed by atoms with Gasteiger partial charge in [0, 0.05) is 5.69 Å². The van der Waals surface area contributed by atoms with Crippen molar-refractivity contribution >= 4 is 17.6 Å². The largest absolute Gasteiger partial charge is 0.465 e. The Hall–Kier alpha value is -1.23. The van der Waals surface area contributed by atoms with Crippen molar-refractivity contribution in [2.75, 3.05) is 7.11 Å². The number of pyridine rings is 1. The fourth-order valence-electron chi connectivity index (χ4n) is 2.54. The number of carbonyl (C=O) groups excluding carboxylic acids is 1. The first-order valence-electron chi connectivity index (χ1n) is 6.04. The van der Waals surface area contributed by atoms with Crippen LogP contribution in [0.3, 0.4) is 0 Å². The molecule has 1 aromatic heterocycles. The lowest BCUT2D eigenvalue weighted by molar-refractivity contribution is 0.0566. The third-order valence-electron chi connectivity index (χ3n) is 3.33. The molecule has 0 amide bonds. The minimum Gasteiger partial charge on any atom is -0.465 e. The van der Waals surface area contributed by atoms with Gasteiger partial charge in [0.15, 0.2) is 0 Å². The van der Waals surface area contributed by atoms with Crippen LogP contribution in [0, 0.1) is 6.92 Å². The molecule has 0 aromatic carbocycles. The molecule has 6 heteroatoms. The van der Waals surface area contributed by atoms with Crippen molar-refractivity contribution in [2.45, 2.75) is 38.0 Å². The third-order valence-corrected chi connectivity index (χ3v) is 3.52. The summed E-state index contributed by atoms with van der Waals surface area (Å²) in [5.74, 6) is -0.825. The molecule has 0 fully saturated rings. The van der Waals surface area contributed by atoms with E-state index in [1.54, 1.807) is 0 Å². The summed E-state index contributed by atoms with van der Waals surface area (Å²) in [6.45, 7) is 1.52. The Morgan fingerprint density at radius 2 is 2.00 bits per heavy atom. The summed E-state index contributed by atoms with van der Waals surface area (Å²) in [5.41, 5.74) is 0.623. The lowest BCUT2D eigenvalue weighted by Gasteiger charge is -2.24. The molecule has 0 atom stereocenters. The first kappa shape index (κ1) is 14.2. The van der Waals surface area contributed by atoms with Crippen molar-refractivity contribution in [3.63, 3.8) is 0 Å². The topological polar surface area (TPSA) is 39.2 Å². The first-order valence-corrected chi connectivity index (χ1v) is 6.42. The number of nitrogens with zero attached hydrogens (tertiary/aromatic N) is 1. The van der Waals surface area contributed by atoms with Crippen molar-refractivity contribution in [2.24, 2.45) is 0 Å². The number of rotatable bonds is 2. The number of aryl methyl sites for hydroxylation is 2. The van der Waals surface area contributed by atoms with Crippen LogP contribution in [0.25, 0.3) is 0 Å². The van der Waals surface area contributed by atoms with Gasteiger partial charge < -0.3 is 4.74 Å². The van der Waals surface area contributed by atoms with E-state index < -0.39 is 16.9 Å². The van der Waals surface area contributed by atoms with Crippen LogP contribution in [0.4, 0.5) is 8.78 Å². The second-order valence-electron chi connectivity index (χ2n) is 4.57. The predicted octanol–water partition coefficient (Wildman–Crippen LogP) is 3.34. The Bertz CT molecular complexity index is 526. The molecule has 1 aliphatic rings. The second-order valence-corrected chi connectivity index (χ2v) is 5.04. The van der Waals surface area contributed by atoms with E-state index in [1.807, 2.05) is 0 Å². The van der Waals surface area contributed by atoms with Crippen LogP contribution in [0.15, 0.2) is 0 Å². The highest BCUT2D eigenvalue weighted by Crippen LogP contribution is 2.41. The van der Waals surface area contributed by atoms with Gasteiger partial charge in [0.25, 0.3) is 0 Å². The molecule has 0 aliphatic heterocycles. The molecule has 2 rings (SSSR count). The summed E-state index contributed by atoms with van der Waals surface area (Å²) in [7, 11) is 1.15. The lowest BCUT2D eigenvalue weighted by Crippen LogP contribution is -2.22. The van der Waals surface area contributed by atoms with Crippen molar-refractivity contribution in [1.82, 2.24) is 4.98 Å². The monoisotopic (exact) mass is 289 g/mol. The van der Waals surface area contributed by atoms with Crippen LogP contribution in [0.1, 0.15) is 45.7 Å². The second kappa shape index (κ2) is 5.04. The number of fused-ring (bicyclic) bond motifs is 1. The molecule has 0 saturated heterocycles. The van der Waals surface area contributed by atoms with Gasteiger partial charge in [-0.25, -0.2) is 4.79 Å². The van der Waals surface area contributed by atoms with Crippen molar-refractivity contribution in [3.8, 4) is 0 Å². The molecular formula is C13H14ClF2NO2. The number of methoxy groups -OCH3 is 1. The van der Waals surface area contributed by atoms with Gasteiger partial charge in [0.1, 0.15) is 0 Å². The number of hydrogen-bond acceptors (Lipinski definition) is 3. The van der Waals surface area contributed by atoms with E-state index >= 15 is 0 Å². The van der Waals surface area contributed by atoms with Crippen LogP contribution in [0.5, 0.6) is 0 Å². The molecule has 3 nitrogen and oxygen atoms in total. The highest BCUT2D eigenvalue weighted by molar-refractivity contribution is 6.22. The zero-order valence-electron chi connectivity index (χ0n) is 10.7. The number of esters is 1. The zero-order chi connectivity index (χ0) is 14.2. The molecule has 1 heterocycles. The van der Waals surface area contributed by atoms with Gasteiger partial charge in [-0.2, -0.15) is 8.78 Å². The summed E-state index contributed by atoms with van der Waals surface area (Å²) in [6.07, 6.45) is 2.80. The van der Waals surface area contributed by atoms with Crippen molar-refractivity contribution in [3.05, 3.63) is 28.1 Å². The van der Waals surface area contributed by atoms with Gasteiger partial charge in [-0.15, -0.1) is 0 Å². The number of hydrogen-bond donors (Lipinski definition) is 0. The van der Waals surface area contributed by atoms with E-state index in [0.717, 1.165) is 20.0 Å². The first-order chi connectivity index (χ1) is 8.86. The fraction of sp³-hybridized carbons (Fsp3) is 0.538. The molecule has 0 saturated carbocycles. The fourth-order valence-corrected chi connectivity index (χ4v) is 2.75. The van der Waals surface area contributed by atoms with E-state index in [9.17, 15) is 13.6 Å². The van der Waals surface area contributed by atoms with Gasteiger partial charge in [-0.05, 0) is 49.8 Å². The Labute approximate surface area is 114 Å². The summed E-state index contributed by atoms with van der Waals surface area (Å²) in [6, 6.07) is 0. The molecule has 1 aliphatic carbocycles. The summed E-state index contributed by atoms with van der Waals surface area (Å²) < 4.78 is 32.0. The maximum Gasteiger partial charge on any atom is 0.349 e. The Morgan fingerprint density at radius 3 is 2.58 bits per heavy atom. The van der Waals surface area contributed by atoms with Crippen molar-refractivity contribution in [1.29, 1.82) is 0 Å². The van der Waals surface area contributed by atoms with Crippen LogP contribution in [-0.2, 0) is 23.0 Å². The lowest BCUT2D eigenvalue weighted by atomic mass is 9.89. The smallest absolute Gasteiger partial charge is 0.349 e. The molecule has 0 spiro atoms. The molecule has 0 bridgehead atoms. The summed E-state index contributed by atoms with van der Waals surface area (Å²) >= 11 is 5.20. The van der Waals surface area contributed by atoms with E-state index in [4.69, 9.17) is 11.6 Å². The van der Waals surface area contributed by atoms with Crippen LogP contribution >= 0.6 is 11.6 Å². The maximum absolute atomic E-state index is 13.7. The van der Waals surface area contributed by atoms with E-state index in [0.29, 0.717) is 24.1 Å². The highest BCUT2D eigenvalue weighted by Gasteiger charge is 2.39. The van der Waals surface area contributed by atoms with E-state index in [1.165, 1.54) is 6.92 Å². The molecule has 19 heavy (non-hydrogen) atoms. The number of alkyl halides is 3. The quantitative estimate of drug-likeness (QED) is 0.619. The number of halogens is 3. The molecule has 1 aromatic rings. The van der Waals surface area contributed by atoms with Crippen LogP contribution in [-0.4, -0.2) is 18.1 Å². The van der Waals surface area contributed by atoms with Crippen molar-refractivity contribution < 1.29 is 18.3 Å². The van der Waals surface area contributed by atoms with E-state index in [2.05, 4.69) is 9.72 Å². The van der Waals surface area contributed by atoms with Crippen LogP contribution < -0.4 is 0 Å². The number of carbonyl (C=O) groups is 1. The average molecular weight is 290 g/mol. The minimum atomic E-state index is -3.60. The molecule has 0 unspecified atom stereocenters. The maximum atomic E-state index is 13.7. The Kier molecular flexibility index (Phi) is 3.76. The van der Waals surface area contributed by atoms with Gasteiger partial charge in [0.05, 0.1) is 23.9 Å². The van der Waals surface area contributed by atoms with Gasteiger partial charge in [0.2, 0.25) is 0 Å². The molecule has 0 N–H and O–H groups in total. The number of aromatic nitrogens is 1. The predicted molar refractivity (Wildman–Crippen MR) is 66.7 cm³/mol. The van der Waals surface area contributed by atoms with Gasteiger partial charge in [-0.1, -0.05) is 0 Å². The Morgan fingerprint density at radius 1 is 1.37 bits per heavy atom. The summed E-state index contributed by atoms with van der Waals surface area (Å²) in [5, 5.41) is -3.60. The average Bonchev–Trinajstić information content (AvgIpc) is 2.35. The zero-order valence-corrected chi connectivity index (χ0v) is 11.5. The SMILES string of the molecule is COC(=O)c1c(C)nc2c(c1C(F)(F)Cl)CCCC2. The Balaban J connectivity index is 2.76. The molecule has 0 radical (unpaired) electrons. The van der Waals surface area contributed by atoms with Gasteiger partial charge >= 0.3 is 11.4 Å². The minimum absolute atomic E-state index is 0.205.